The molecule has 0 aromatic heterocycles. The van der Waals surface area contributed by atoms with Gasteiger partial charge in [0.25, 0.3) is 5.91 Å². The van der Waals surface area contributed by atoms with Crippen molar-refractivity contribution in [1.29, 1.82) is 0 Å². The van der Waals surface area contributed by atoms with Gasteiger partial charge >= 0.3 is 0 Å². The number of rotatable bonds is 0. The maximum absolute atomic E-state index is 11.5. The fourth-order valence-corrected chi connectivity index (χ4v) is 1.86. The zero-order valence-corrected chi connectivity index (χ0v) is 8.63. The van der Waals surface area contributed by atoms with Crippen LogP contribution in [0.25, 0.3) is 0 Å². The van der Waals surface area contributed by atoms with Gasteiger partial charge in [-0.2, -0.15) is 0 Å². The van der Waals surface area contributed by atoms with E-state index in [4.69, 9.17) is 0 Å². The fraction of sp³-hybridized carbons (Fsp3) is 0.222. The van der Waals surface area contributed by atoms with Gasteiger partial charge in [0.15, 0.2) is 0 Å². The molecule has 0 saturated carbocycles. The first-order valence-corrected chi connectivity index (χ1v) is 4.66. The maximum Gasteiger partial charge on any atom is 0.254 e. The minimum atomic E-state index is -0.0298. The molecule has 1 amide bonds. The van der Waals surface area contributed by atoms with Crippen molar-refractivity contribution in [2.45, 2.75) is 6.54 Å². The molecule has 0 atom stereocenters. The Balaban J connectivity index is 2.59. The number of phenolic OH excluding ortho intramolecular Hbond substituents is 1. The van der Waals surface area contributed by atoms with Crippen molar-refractivity contribution in [3.05, 3.63) is 27.7 Å². The van der Waals surface area contributed by atoms with E-state index in [1.54, 1.807) is 18.0 Å². The Morgan fingerprint density at radius 3 is 2.92 bits per heavy atom. The molecule has 0 aliphatic carbocycles. The molecule has 0 saturated heterocycles. The molecule has 2 rings (SSSR count). The summed E-state index contributed by atoms with van der Waals surface area (Å²) in [7, 11) is 1.74. The number of nitrogens with zero attached hydrogens (tertiary/aromatic N) is 1. The van der Waals surface area contributed by atoms with E-state index in [9.17, 15) is 9.90 Å². The van der Waals surface area contributed by atoms with Crippen molar-refractivity contribution in [1.82, 2.24) is 4.90 Å². The largest absolute Gasteiger partial charge is 0.507 e. The van der Waals surface area contributed by atoms with Crippen LogP contribution in [0.15, 0.2) is 16.6 Å². The lowest BCUT2D eigenvalue weighted by Crippen LogP contribution is -2.17. The van der Waals surface area contributed by atoms with Crippen LogP contribution >= 0.6 is 15.9 Å². The number of phenols is 1. The van der Waals surface area contributed by atoms with Gasteiger partial charge in [-0.3, -0.25) is 4.79 Å². The Kier molecular flexibility index (Phi) is 1.80. The molecule has 1 aromatic carbocycles. The SMILES string of the molecule is CN1Cc2cc(Br)c(O)cc2C1=O. The highest BCUT2D eigenvalue weighted by atomic mass is 79.9. The normalized spacial score (nSPS) is 14.9. The molecule has 0 unspecified atom stereocenters. The van der Waals surface area contributed by atoms with Gasteiger partial charge in [-0.1, -0.05) is 0 Å². The Bertz CT molecular complexity index is 389. The predicted octanol–water partition coefficient (Wildman–Crippen LogP) is 1.74. The summed E-state index contributed by atoms with van der Waals surface area (Å²) in [6.45, 7) is 0.618. The molecule has 1 N–H and O–H groups in total. The molecule has 0 bridgehead atoms. The first-order chi connectivity index (χ1) is 6.09. The zero-order valence-electron chi connectivity index (χ0n) is 7.04. The predicted molar refractivity (Wildman–Crippen MR) is 51.6 cm³/mol. The number of hydrogen-bond donors (Lipinski definition) is 1. The van der Waals surface area contributed by atoms with Gasteiger partial charge < -0.3 is 10.0 Å². The van der Waals surface area contributed by atoms with Gasteiger partial charge in [-0.25, -0.2) is 0 Å². The first-order valence-electron chi connectivity index (χ1n) is 3.86. The molecule has 1 aliphatic rings. The van der Waals surface area contributed by atoms with E-state index >= 15 is 0 Å². The molecule has 1 aliphatic heterocycles. The molecular formula is C9H8BrNO2. The standard InChI is InChI=1S/C9H8BrNO2/c1-11-4-5-2-7(10)8(12)3-6(5)9(11)13/h2-3,12H,4H2,1H3. The first kappa shape index (κ1) is 8.56. The summed E-state index contributed by atoms with van der Waals surface area (Å²) in [5.74, 6) is 0.0835. The van der Waals surface area contributed by atoms with E-state index in [2.05, 4.69) is 15.9 Å². The summed E-state index contributed by atoms with van der Waals surface area (Å²) < 4.78 is 0.634. The van der Waals surface area contributed by atoms with Gasteiger partial charge in [0.1, 0.15) is 5.75 Å². The van der Waals surface area contributed by atoms with Gasteiger partial charge in [-0.15, -0.1) is 0 Å². The molecule has 4 heteroatoms. The number of benzene rings is 1. The van der Waals surface area contributed by atoms with Crippen LogP contribution in [0, 0.1) is 0 Å². The van der Waals surface area contributed by atoms with Crippen LogP contribution in [0.5, 0.6) is 5.75 Å². The molecule has 0 fully saturated rings. The smallest absolute Gasteiger partial charge is 0.254 e. The van der Waals surface area contributed by atoms with Crippen LogP contribution in [0.4, 0.5) is 0 Å². The van der Waals surface area contributed by atoms with E-state index in [1.165, 1.54) is 6.07 Å². The maximum atomic E-state index is 11.5. The fourth-order valence-electron chi connectivity index (χ4n) is 1.47. The second kappa shape index (κ2) is 2.73. The monoisotopic (exact) mass is 241 g/mol. The molecule has 0 radical (unpaired) electrons. The molecular weight excluding hydrogens is 234 g/mol. The van der Waals surface area contributed by atoms with E-state index in [0.29, 0.717) is 16.6 Å². The molecule has 0 spiro atoms. The van der Waals surface area contributed by atoms with Crippen molar-refractivity contribution in [3.63, 3.8) is 0 Å². The second-order valence-corrected chi connectivity index (χ2v) is 3.98. The quantitative estimate of drug-likeness (QED) is 0.752. The Hall–Kier alpha value is -1.03. The molecule has 13 heavy (non-hydrogen) atoms. The van der Waals surface area contributed by atoms with E-state index in [-0.39, 0.29) is 11.7 Å². The minimum absolute atomic E-state index is 0.0298. The van der Waals surface area contributed by atoms with Crippen molar-refractivity contribution in [2.75, 3.05) is 7.05 Å². The van der Waals surface area contributed by atoms with Crippen molar-refractivity contribution in [3.8, 4) is 5.75 Å². The lowest BCUT2D eigenvalue weighted by Gasteiger charge is -2.04. The molecule has 3 nitrogen and oxygen atoms in total. The number of fused-ring (bicyclic) bond motifs is 1. The van der Waals surface area contributed by atoms with Crippen LogP contribution in [0.2, 0.25) is 0 Å². The number of carbonyl (C=O) groups excluding carboxylic acids is 1. The third-order valence-corrected chi connectivity index (χ3v) is 2.79. The summed E-state index contributed by atoms with van der Waals surface area (Å²) in [4.78, 5) is 13.1. The van der Waals surface area contributed by atoms with Crippen LogP contribution in [0.1, 0.15) is 15.9 Å². The topological polar surface area (TPSA) is 40.5 Å². The lowest BCUT2D eigenvalue weighted by atomic mass is 10.1. The summed E-state index contributed by atoms with van der Waals surface area (Å²) >= 11 is 3.21. The molecule has 1 aromatic rings. The summed E-state index contributed by atoms with van der Waals surface area (Å²) in [5, 5.41) is 9.37. The van der Waals surface area contributed by atoms with Crippen molar-refractivity contribution < 1.29 is 9.90 Å². The van der Waals surface area contributed by atoms with Crippen LogP contribution in [0.3, 0.4) is 0 Å². The highest BCUT2D eigenvalue weighted by Gasteiger charge is 2.25. The van der Waals surface area contributed by atoms with Crippen LogP contribution in [-0.2, 0) is 6.54 Å². The number of hydrogen-bond acceptors (Lipinski definition) is 2. The number of halogens is 1. The van der Waals surface area contributed by atoms with Crippen LogP contribution in [-0.4, -0.2) is 23.0 Å². The van der Waals surface area contributed by atoms with Gasteiger partial charge in [-0.05, 0) is 33.6 Å². The van der Waals surface area contributed by atoms with Crippen molar-refractivity contribution >= 4 is 21.8 Å². The molecule has 68 valence electrons. The van der Waals surface area contributed by atoms with E-state index in [1.807, 2.05) is 0 Å². The van der Waals surface area contributed by atoms with Crippen molar-refractivity contribution in [2.24, 2.45) is 0 Å². The Morgan fingerprint density at radius 2 is 2.23 bits per heavy atom. The highest BCUT2D eigenvalue weighted by molar-refractivity contribution is 9.10. The van der Waals surface area contributed by atoms with Gasteiger partial charge in [0.05, 0.1) is 4.47 Å². The molecule has 1 heterocycles. The van der Waals surface area contributed by atoms with E-state index in [0.717, 1.165) is 5.56 Å². The number of aromatic hydroxyl groups is 1. The average Bonchev–Trinajstić information content (AvgIpc) is 2.32. The lowest BCUT2D eigenvalue weighted by molar-refractivity contribution is 0.0816. The number of amides is 1. The summed E-state index contributed by atoms with van der Waals surface area (Å²) in [6.07, 6.45) is 0. The van der Waals surface area contributed by atoms with Gasteiger partial charge in [0.2, 0.25) is 0 Å². The summed E-state index contributed by atoms with van der Waals surface area (Å²) in [5.41, 5.74) is 1.56. The zero-order chi connectivity index (χ0) is 9.59. The Morgan fingerprint density at radius 1 is 1.54 bits per heavy atom. The second-order valence-electron chi connectivity index (χ2n) is 3.12. The van der Waals surface area contributed by atoms with E-state index < -0.39 is 0 Å². The average molecular weight is 242 g/mol. The number of carbonyl (C=O) groups is 1. The third kappa shape index (κ3) is 1.21. The Labute approximate surface area is 84.1 Å². The minimum Gasteiger partial charge on any atom is -0.507 e. The van der Waals surface area contributed by atoms with Gasteiger partial charge in [0, 0.05) is 19.2 Å². The highest BCUT2D eigenvalue weighted by Crippen LogP contribution is 2.31. The van der Waals surface area contributed by atoms with Crippen LogP contribution < -0.4 is 0 Å². The summed E-state index contributed by atoms with van der Waals surface area (Å²) in [6, 6.07) is 3.29. The third-order valence-electron chi connectivity index (χ3n) is 2.16.